The number of hydrogen-bond donors (Lipinski definition) is 1. The summed E-state index contributed by atoms with van der Waals surface area (Å²) >= 11 is 8.90. The molecule has 0 atom stereocenters. The lowest BCUT2D eigenvalue weighted by atomic mass is 10.1. The number of hydrogen-bond acceptors (Lipinski definition) is 5. The lowest BCUT2D eigenvalue weighted by Crippen LogP contribution is -2.32. The first-order valence-corrected chi connectivity index (χ1v) is 11.8. The van der Waals surface area contributed by atoms with Crippen molar-refractivity contribution in [1.82, 2.24) is 10.2 Å². The number of rotatable bonds is 10. The van der Waals surface area contributed by atoms with E-state index in [4.69, 9.17) is 26.4 Å². The second kappa shape index (κ2) is 11.3. The molecule has 0 unspecified atom stereocenters. The van der Waals surface area contributed by atoms with Crippen molar-refractivity contribution in [2.75, 3.05) is 26.4 Å². The Bertz CT molecular complexity index is 1030. The van der Waals surface area contributed by atoms with Gasteiger partial charge in [0.2, 0.25) is 0 Å². The van der Waals surface area contributed by atoms with Gasteiger partial charge in [0.1, 0.15) is 11.4 Å². The zero-order valence-corrected chi connectivity index (χ0v) is 20.8. The number of nitrogens with one attached hydrogen (secondary N) is 1. The lowest BCUT2D eigenvalue weighted by molar-refractivity contribution is -0.122. The molecule has 0 spiro atoms. The van der Waals surface area contributed by atoms with Gasteiger partial charge in [0.15, 0.2) is 16.6 Å². The van der Waals surface area contributed by atoms with Crippen LogP contribution in [0.5, 0.6) is 17.2 Å². The summed E-state index contributed by atoms with van der Waals surface area (Å²) in [5, 5.41) is 3.43. The number of halogens is 1. The Morgan fingerprint density at radius 2 is 1.62 bits per heavy atom. The molecule has 2 aromatic rings. The van der Waals surface area contributed by atoms with Gasteiger partial charge in [-0.15, -0.1) is 0 Å². The molecule has 32 heavy (non-hydrogen) atoms. The third-order valence-corrected chi connectivity index (χ3v) is 5.58. The second-order valence-electron chi connectivity index (χ2n) is 6.96. The van der Waals surface area contributed by atoms with E-state index in [-0.39, 0.29) is 5.91 Å². The topological polar surface area (TPSA) is 60.0 Å². The third-order valence-electron chi connectivity index (χ3n) is 4.77. The Morgan fingerprint density at radius 3 is 2.34 bits per heavy atom. The average Bonchev–Trinajstić information content (AvgIpc) is 3.03. The van der Waals surface area contributed by atoms with Crippen molar-refractivity contribution in [2.45, 2.75) is 27.2 Å². The summed E-state index contributed by atoms with van der Waals surface area (Å²) in [7, 11) is 0. The molecule has 3 rings (SSSR count). The van der Waals surface area contributed by atoms with Crippen molar-refractivity contribution < 1.29 is 19.0 Å². The van der Waals surface area contributed by atoms with Gasteiger partial charge in [-0.1, -0.05) is 22.0 Å². The molecule has 0 bridgehead atoms. The number of carbonyl (C=O) groups excluding carboxylic acids is 1. The first-order chi connectivity index (χ1) is 15.5. The van der Waals surface area contributed by atoms with E-state index in [1.165, 1.54) is 0 Å². The van der Waals surface area contributed by atoms with E-state index in [0.717, 1.165) is 21.3 Å². The van der Waals surface area contributed by atoms with Crippen molar-refractivity contribution in [2.24, 2.45) is 0 Å². The van der Waals surface area contributed by atoms with E-state index in [0.29, 0.717) is 55.1 Å². The lowest BCUT2D eigenvalue weighted by Gasteiger charge is -2.16. The summed E-state index contributed by atoms with van der Waals surface area (Å²) in [5.74, 6) is 1.98. The number of ether oxygens (including phenoxy) is 3. The smallest absolute Gasteiger partial charge is 0.276 e. The van der Waals surface area contributed by atoms with Gasteiger partial charge >= 0.3 is 0 Å². The van der Waals surface area contributed by atoms with E-state index in [9.17, 15) is 4.79 Å². The summed E-state index contributed by atoms with van der Waals surface area (Å²) in [6, 6.07) is 11.5. The standard InChI is InChI=1S/C24H27BrN2O4S/c1-4-29-20-10-8-18(25)14-17(20)15-19-23(28)27(24(32)26-19)12-11-16-7-9-21(30-5-2)22(13-16)31-6-3/h7-10,13-15H,4-6,11-12H2,1-3H3,(H,26,32)/b19-15+. The van der Waals surface area contributed by atoms with Gasteiger partial charge in [-0.25, -0.2) is 0 Å². The second-order valence-corrected chi connectivity index (χ2v) is 8.26. The van der Waals surface area contributed by atoms with Crippen LogP contribution in [0, 0.1) is 0 Å². The molecule has 0 saturated carbocycles. The fraction of sp³-hybridized carbons (Fsp3) is 0.333. The van der Waals surface area contributed by atoms with E-state index in [1.807, 2.05) is 57.2 Å². The molecule has 8 heteroatoms. The third kappa shape index (κ3) is 5.81. The SMILES string of the molecule is CCOc1ccc(Br)cc1/C=C1/NC(=S)N(CCc2ccc(OCC)c(OCC)c2)C1=O. The Balaban J connectivity index is 1.74. The van der Waals surface area contributed by atoms with E-state index < -0.39 is 0 Å². The molecular weight excluding hydrogens is 492 g/mol. The van der Waals surface area contributed by atoms with Gasteiger partial charge in [-0.2, -0.15) is 0 Å². The Hall–Kier alpha value is -2.58. The largest absolute Gasteiger partial charge is 0.493 e. The molecule has 170 valence electrons. The van der Waals surface area contributed by atoms with Gasteiger partial charge in [-0.05, 0) is 81.4 Å². The molecule has 6 nitrogen and oxygen atoms in total. The molecule has 0 aromatic heterocycles. The maximum Gasteiger partial charge on any atom is 0.276 e. The molecule has 0 aliphatic carbocycles. The minimum absolute atomic E-state index is 0.159. The predicted octanol–water partition coefficient (Wildman–Crippen LogP) is 4.95. The number of thiocarbonyl (C=S) groups is 1. The zero-order valence-electron chi connectivity index (χ0n) is 18.4. The Kier molecular flexibility index (Phi) is 8.53. The highest BCUT2D eigenvalue weighted by atomic mass is 79.9. The van der Waals surface area contributed by atoms with Crippen LogP contribution in [-0.4, -0.2) is 42.3 Å². The summed E-state index contributed by atoms with van der Waals surface area (Å²) in [6.07, 6.45) is 2.41. The normalized spacial score (nSPS) is 14.6. The van der Waals surface area contributed by atoms with Crippen LogP contribution in [0.25, 0.3) is 6.08 Å². The fourth-order valence-corrected chi connectivity index (χ4v) is 4.00. The minimum atomic E-state index is -0.159. The monoisotopic (exact) mass is 518 g/mol. The maximum atomic E-state index is 13.0. The molecule has 1 amide bonds. The van der Waals surface area contributed by atoms with Crippen LogP contribution in [0.4, 0.5) is 0 Å². The van der Waals surface area contributed by atoms with Crippen LogP contribution in [-0.2, 0) is 11.2 Å². The molecule has 1 N–H and O–H groups in total. The molecule has 1 heterocycles. The Labute approximate surface area is 202 Å². The van der Waals surface area contributed by atoms with E-state index in [1.54, 1.807) is 11.0 Å². The summed E-state index contributed by atoms with van der Waals surface area (Å²) in [4.78, 5) is 14.6. The fourth-order valence-electron chi connectivity index (χ4n) is 3.34. The highest BCUT2D eigenvalue weighted by Crippen LogP contribution is 2.29. The maximum absolute atomic E-state index is 13.0. The van der Waals surface area contributed by atoms with Crippen molar-refractivity contribution in [3.63, 3.8) is 0 Å². The first kappa shape index (κ1) is 24.1. The van der Waals surface area contributed by atoms with Gasteiger partial charge in [0.25, 0.3) is 5.91 Å². The van der Waals surface area contributed by atoms with Crippen LogP contribution in [0.15, 0.2) is 46.6 Å². The van der Waals surface area contributed by atoms with Crippen LogP contribution >= 0.6 is 28.1 Å². The predicted molar refractivity (Wildman–Crippen MR) is 133 cm³/mol. The van der Waals surface area contributed by atoms with Gasteiger partial charge in [0, 0.05) is 16.6 Å². The van der Waals surface area contributed by atoms with Crippen LogP contribution in [0.3, 0.4) is 0 Å². The van der Waals surface area contributed by atoms with Crippen LogP contribution in [0.2, 0.25) is 0 Å². The van der Waals surface area contributed by atoms with Crippen molar-refractivity contribution in [3.8, 4) is 17.2 Å². The van der Waals surface area contributed by atoms with E-state index in [2.05, 4.69) is 21.2 Å². The molecule has 1 aliphatic heterocycles. The Morgan fingerprint density at radius 1 is 0.969 bits per heavy atom. The molecular formula is C24H27BrN2O4S. The van der Waals surface area contributed by atoms with Crippen molar-refractivity contribution >= 4 is 45.2 Å². The van der Waals surface area contributed by atoms with Crippen LogP contribution < -0.4 is 19.5 Å². The summed E-state index contributed by atoms with van der Waals surface area (Å²) in [5.41, 5.74) is 2.26. The zero-order chi connectivity index (χ0) is 23.1. The summed E-state index contributed by atoms with van der Waals surface area (Å²) < 4.78 is 17.9. The minimum Gasteiger partial charge on any atom is -0.493 e. The number of nitrogens with zero attached hydrogens (tertiary/aromatic N) is 1. The number of amides is 1. The van der Waals surface area contributed by atoms with Crippen molar-refractivity contribution in [1.29, 1.82) is 0 Å². The molecule has 1 aliphatic rings. The molecule has 1 fully saturated rings. The van der Waals surface area contributed by atoms with Gasteiger partial charge in [0.05, 0.1) is 19.8 Å². The molecule has 2 aromatic carbocycles. The first-order valence-electron chi connectivity index (χ1n) is 10.6. The van der Waals surface area contributed by atoms with Gasteiger partial charge in [-0.3, -0.25) is 9.69 Å². The molecule has 0 radical (unpaired) electrons. The highest BCUT2D eigenvalue weighted by molar-refractivity contribution is 9.10. The quantitative estimate of drug-likeness (QED) is 0.354. The molecule has 1 saturated heterocycles. The summed E-state index contributed by atoms with van der Waals surface area (Å²) in [6.45, 7) is 7.91. The van der Waals surface area contributed by atoms with Gasteiger partial charge < -0.3 is 19.5 Å². The van der Waals surface area contributed by atoms with Crippen molar-refractivity contribution in [3.05, 3.63) is 57.7 Å². The average molecular weight is 519 g/mol. The number of benzene rings is 2. The highest BCUT2D eigenvalue weighted by Gasteiger charge is 2.30. The van der Waals surface area contributed by atoms with Crippen LogP contribution in [0.1, 0.15) is 31.9 Å². The van der Waals surface area contributed by atoms with E-state index >= 15 is 0 Å². The number of carbonyl (C=O) groups is 1.